The molecule has 0 aromatic rings. The predicted octanol–water partition coefficient (Wildman–Crippen LogP) is 2.58. The molecule has 4 heteroatoms. The molecule has 2 aliphatic rings. The summed E-state index contributed by atoms with van der Waals surface area (Å²) in [6, 6.07) is 0. The fourth-order valence-electron chi connectivity index (χ4n) is 3.48. The van der Waals surface area contributed by atoms with Gasteiger partial charge in [0.25, 0.3) is 0 Å². The first-order valence-electron chi connectivity index (χ1n) is 9.84. The van der Waals surface area contributed by atoms with E-state index in [1.165, 1.54) is 45.2 Å². The van der Waals surface area contributed by atoms with Gasteiger partial charge in [0.05, 0.1) is 26.1 Å². The first-order valence-corrected chi connectivity index (χ1v) is 9.84. The third kappa shape index (κ3) is 7.67. The number of nitrogens with zero attached hydrogens (tertiary/aromatic N) is 1. The fraction of sp³-hybridized carbons (Fsp3) is 0.947. The molecule has 23 heavy (non-hydrogen) atoms. The second-order valence-electron chi connectivity index (χ2n) is 7.17. The van der Waals surface area contributed by atoms with Gasteiger partial charge in [-0.05, 0) is 24.7 Å². The topological polar surface area (TPSA) is 46.1 Å². The van der Waals surface area contributed by atoms with E-state index in [1.807, 2.05) is 0 Å². The van der Waals surface area contributed by atoms with Gasteiger partial charge in [0.2, 0.25) is 5.91 Å². The Balaban J connectivity index is 0.000000816. The number of ether oxygens (including phenoxy) is 1. The Morgan fingerprint density at radius 3 is 2.22 bits per heavy atom. The fourth-order valence-corrected chi connectivity index (χ4v) is 3.48. The number of hydrogen-bond acceptors (Lipinski definition) is 2. The van der Waals surface area contributed by atoms with Gasteiger partial charge >= 0.3 is 0 Å². The van der Waals surface area contributed by atoms with Crippen LogP contribution < -0.4 is 5.32 Å². The van der Waals surface area contributed by atoms with Crippen LogP contribution in [0.15, 0.2) is 0 Å². The lowest BCUT2D eigenvalue weighted by Crippen LogP contribution is -2.87. The van der Waals surface area contributed by atoms with Gasteiger partial charge < -0.3 is 15.0 Å². The third-order valence-electron chi connectivity index (χ3n) is 5.04. The second kappa shape index (κ2) is 11.9. The molecule has 0 aromatic carbocycles. The maximum Gasteiger partial charge on any atom is 0.224 e. The molecule has 136 valence electrons. The van der Waals surface area contributed by atoms with E-state index < -0.39 is 0 Å². The van der Waals surface area contributed by atoms with Crippen molar-refractivity contribution in [2.75, 3.05) is 39.4 Å². The number of carbonyl (C=O) groups excluding carboxylic acids is 1. The second-order valence-corrected chi connectivity index (χ2v) is 7.17. The smallest absolute Gasteiger partial charge is 0.224 e. The normalized spacial score (nSPS) is 20.0. The summed E-state index contributed by atoms with van der Waals surface area (Å²) >= 11 is 0. The Morgan fingerprint density at radius 2 is 1.65 bits per heavy atom. The predicted molar refractivity (Wildman–Crippen MR) is 95.4 cm³/mol. The van der Waals surface area contributed by atoms with Gasteiger partial charge in [-0.1, -0.05) is 33.6 Å². The number of nitrogens with two attached hydrogens (primary N) is 1. The molecule has 2 rings (SSSR count). The van der Waals surface area contributed by atoms with Gasteiger partial charge in [0.15, 0.2) is 0 Å². The van der Waals surface area contributed by atoms with Crippen molar-refractivity contribution in [1.29, 1.82) is 0 Å². The summed E-state index contributed by atoms with van der Waals surface area (Å²) in [6.45, 7) is 12.3. The number of carbonyl (C=O) groups is 1. The maximum atomic E-state index is 12.1. The molecule has 2 aliphatic heterocycles. The SMILES string of the molecule is CCC.CCCCOCCC(=O)N1CCC2(CC[NH2+]CC2)CC1. The lowest BCUT2D eigenvalue weighted by Gasteiger charge is -2.43. The largest absolute Gasteiger partial charge is 0.381 e. The summed E-state index contributed by atoms with van der Waals surface area (Å²) in [5.41, 5.74) is 0.559. The van der Waals surface area contributed by atoms with Crippen molar-refractivity contribution < 1.29 is 14.8 Å². The third-order valence-corrected chi connectivity index (χ3v) is 5.04. The Hall–Kier alpha value is -0.610. The number of amides is 1. The minimum Gasteiger partial charge on any atom is -0.381 e. The zero-order chi connectivity index (χ0) is 17.0. The van der Waals surface area contributed by atoms with Crippen LogP contribution in [0.4, 0.5) is 0 Å². The summed E-state index contributed by atoms with van der Waals surface area (Å²) < 4.78 is 5.49. The van der Waals surface area contributed by atoms with Crippen LogP contribution in [-0.2, 0) is 9.53 Å². The van der Waals surface area contributed by atoms with Gasteiger partial charge in [0.1, 0.15) is 0 Å². The molecular formula is C19H39N2O2+. The van der Waals surface area contributed by atoms with Crippen molar-refractivity contribution in [1.82, 2.24) is 4.90 Å². The molecule has 1 spiro atoms. The molecule has 0 unspecified atom stereocenters. The zero-order valence-corrected chi connectivity index (χ0v) is 15.7. The summed E-state index contributed by atoms with van der Waals surface area (Å²) in [4.78, 5) is 14.2. The Kier molecular flexibility index (Phi) is 10.5. The molecule has 0 aromatic heterocycles. The van der Waals surface area contributed by atoms with E-state index in [0.717, 1.165) is 32.5 Å². The molecule has 0 radical (unpaired) electrons. The van der Waals surface area contributed by atoms with E-state index in [0.29, 0.717) is 24.3 Å². The minimum atomic E-state index is 0.290. The molecular weight excluding hydrogens is 288 g/mol. The average Bonchev–Trinajstić information content (AvgIpc) is 2.57. The zero-order valence-electron chi connectivity index (χ0n) is 15.7. The van der Waals surface area contributed by atoms with Gasteiger partial charge in [-0.2, -0.15) is 0 Å². The van der Waals surface area contributed by atoms with Gasteiger partial charge in [-0.25, -0.2) is 0 Å². The highest BCUT2D eigenvalue weighted by Crippen LogP contribution is 2.38. The summed E-state index contributed by atoms with van der Waals surface area (Å²) in [5, 5.41) is 2.43. The van der Waals surface area contributed by atoms with E-state index in [-0.39, 0.29) is 0 Å². The quantitative estimate of drug-likeness (QED) is 0.762. The molecule has 0 saturated carbocycles. The van der Waals surface area contributed by atoms with Crippen LogP contribution in [0.2, 0.25) is 0 Å². The van der Waals surface area contributed by atoms with Crippen molar-refractivity contribution in [3.63, 3.8) is 0 Å². The van der Waals surface area contributed by atoms with Gasteiger partial charge in [-0.15, -0.1) is 0 Å². The number of hydrogen-bond donors (Lipinski definition) is 1. The summed E-state index contributed by atoms with van der Waals surface area (Å²) in [6.07, 6.45) is 9.17. The number of rotatable bonds is 6. The highest BCUT2D eigenvalue weighted by Gasteiger charge is 2.37. The van der Waals surface area contributed by atoms with Crippen LogP contribution in [0.5, 0.6) is 0 Å². The van der Waals surface area contributed by atoms with E-state index >= 15 is 0 Å². The lowest BCUT2D eigenvalue weighted by molar-refractivity contribution is -0.668. The molecule has 0 atom stereocenters. The number of quaternary nitrogens is 1. The minimum absolute atomic E-state index is 0.290. The molecule has 0 aliphatic carbocycles. The number of unbranched alkanes of at least 4 members (excludes halogenated alkanes) is 1. The Labute approximate surface area is 143 Å². The Morgan fingerprint density at radius 1 is 1.04 bits per heavy atom. The van der Waals surface area contributed by atoms with Crippen LogP contribution in [0.25, 0.3) is 0 Å². The highest BCUT2D eigenvalue weighted by molar-refractivity contribution is 5.76. The van der Waals surface area contributed by atoms with Crippen LogP contribution in [0, 0.1) is 5.41 Å². The number of piperidine rings is 2. The average molecular weight is 328 g/mol. The first-order chi connectivity index (χ1) is 11.2. The molecule has 4 nitrogen and oxygen atoms in total. The van der Waals surface area contributed by atoms with Crippen LogP contribution >= 0.6 is 0 Å². The van der Waals surface area contributed by atoms with Crippen LogP contribution in [0.1, 0.15) is 72.1 Å². The maximum absolute atomic E-state index is 12.1. The molecule has 2 heterocycles. The Bertz CT molecular complexity index is 304. The molecule has 2 saturated heterocycles. The van der Waals surface area contributed by atoms with Gasteiger partial charge in [0, 0.05) is 32.5 Å². The van der Waals surface area contributed by atoms with Crippen molar-refractivity contribution >= 4 is 5.91 Å². The highest BCUT2D eigenvalue weighted by atomic mass is 16.5. The van der Waals surface area contributed by atoms with E-state index in [1.54, 1.807) is 0 Å². The van der Waals surface area contributed by atoms with E-state index in [2.05, 4.69) is 31.0 Å². The van der Waals surface area contributed by atoms with Crippen LogP contribution in [-0.4, -0.2) is 50.2 Å². The van der Waals surface area contributed by atoms with E-state index in [9.17, 15) is 4.79 Å². The first kappa shape index (κ1) is 20.4. The standard InChI is InChI=1S/C16H30N2O2.C3H8/c1-2-3-13-20-14-4-15(19)18-11-7-16(8-12-18)5-9-17-10-6-16;1-3-2/h17H,2-14H2,1H3;3H2,1-2H3/p+1. The van der Waals surface area contributed by atoms with Crippen molar-refractivity contribution in [3.8, 4) is 0 Å². The van der Waals surface area contributed by atoms with E-state index in [4.69, 9.17) is 4.74 Å². The van der Waals surface area contributed by atoms with Crippen molar-refractivity contribution in [3.05, 3.63) is 0 Å². The van der Waals surface area contributed by atoms with Crippen LogP contribution in [0.3, 0.4) is 0 Å². The van der Waals surface area contributed by atoms with Crippen molar-refractivity contribution in [2.24, 2.45) is 5.41 Å². The monoisotopic (exact) mass is 327 g/mol. The van der Waals surface area contributed by atoms with Gasteiger partial charge in [-0.3, -0.25) is 4.79 Å². The molecule has 1 amide bonds. The summed E-state index contributed by atoms with van der Waals surface area (Å²) in [7, 11) is 0. The molecule has 0 bridgehead atoms. The van der Waals surface area contributed by atoms with Crippen molar-refractivity contribution in [2.45, 2.75) is 72.1 Å². The number of likely N-dealkylation sites (tertiary alicyclic amines) is 1. The lowest BCUT2D eigenvalue weighted by atomic mass is 9.71. The molecule has 2 fully saturated rings. The molecule has 2 N–H and O–H groups in total. The summed E-state index contributed by atoms with van der Waals surface area (Å²) in [5.74, 6) is 0.290.